The van der Waals surface area contributed by atoms with Gasteiger partial charge in [0.2, 0.25) is 11.9 Å². The highest BCUT2D eigenvalue weighted by Crippen LogP contribution is 2.28. The van der Waals surface area contributed by atoms with E-state index >= 15 is 0 Å². The van der Waals surface area contributed by atoms with Crippen molar-refractivity contribution in [2.24, 2.45) is 0 Å². The molecular formula is C27H21BrO8. The van der Waals surface area contributed by atoms with E-state index in [9.17, 15) is 19.2 Å². The van der Waals surface area contributed by atoms with Crippen LogP contribution in [0.25, 0.3) is 0 Å². The molecule has 0 amide bonds. The molecule has 1 fully saturated rings. The molecule has 9 heteroatoms. The number of hydrogen-bond acceptors (Lipinski definition) is 8. The number of carbonyl (C=O) groups excluding carboxylic acids is 4. The topological polar surface area (TPSA) is 105 Å². The smallest absolute Gasteiger partial charge is 0.338 e. The second kappa shape index (κ2) is 11.7. The third kappa shape index (κ3) is 6.05. The van der Waals surface area contributed by atoms with Crippen molar-refractivity contribution in [3.8, 4) is 0 Å². The molecule has 1 aliphatic rings. The van der Waals surface area contributed by atoms with Gasteiger partial charge in [-0.25, -0.2) is 14.4 Å². The summed E-state index contributed by atoms with van der Waals surface area (Å²) >= 11 is 3.13. The summed E-state index contributed by atoms with van der Waals surface area (Å²) in [7, 11) is 0. The summed E-state index contributed by atoms with van der Waals surface area (Å²) in [6.45, 7) is -0.366. The molecule has 36 heavy (non-hydrogen) atoms. The fourth-order valence-electron chi connectivity index (χ4n) is 3.52. The van der Waals surface area contributed by atoms with Crippen LogP contribution in [-0.2, 0) is 23.7 Å². The molecule has 3 aromatic carbocycles. The number of Topliss-reactive ketones (excluding diaryl/α,β-unsaturated/α-hetero) is 1. The van der Waals surface area contributed by atoms with Crippen LogP contribution in [0.15, 0.2) is 91.0 Å². The third-order valence-corrected chi connectivity index (χ3v) is 6.01. The van der Waals surface area contributed by atoms with Gasteiger partial charge in [0.05, 0.1) is 16.7 Å². The van der Waals surface area contributed by atoms with Gasteiger partial charge in [0.15, 0.2) is 11.1 Å². The van der Waals surface area contributed by atoms with Crippen LogP contribution in [-0.4, -0.2) is 53.6 Å². The van der Waals surface area contributed by atoms with Crippen molar-refractivity contribution in [3.63, 3.8) is 0 Å². The van der Waals surface area contributed by atoms with E-state index in [1.807, 2.05) is 0 Å². The number of ether oxygens (including phenoxy) is 4. The van der Waals surface area contributed by atoms with E-state index < -0.39 is 47.0 Å². The number of rotatable bonds is 7. The lowest BCUT2D eigenvalue weighted by Gasteiger charge is -2.37. The number of carbonyl (C=O) groups is 4. The molecular weight excluding hydrogens is 532 g/mol. The summed E-state index contributed by atoms with van der Waals surface area (Å²) in [5.41, 5.74) is 0.742. The molecule has 4 rings (SSSR count). The van der Waals surface area contributed by atoms with Gasteiger partial charge in [0, 0.05) is 0 Å². The zero-order chi connectivity index (χ0) is 25.5. The van der Waals surface area contributed by atoms with Gasteiger partial charge in [0.25, 0.3) is 0 Å². The summed E-state index contributed by atoms with van der Waals surface area (Å²) < 4.78 is 22.2. The van der Waals surface area contributed by atoms with Gasteiger partial charge in [-0.2, -0.15) is 0 Å². The first-order valence-electron chi connectivity index (χ1n) is 11.0. The summed E-state index contributed by atoms with van der Waals surface area (Å²) in [4.78, 5) is 51.1. The first-order chi connectivity index (χ1) is 17.4. The number of hydrogen-bond donors (Lipinski definition) is 0. The zero-order valence-corrected chi connectivity index (χ0v) is 20.4. The van der Waals surface area contributed by atoms with E-state index in [-0.39, 0.29) is 17.7 Å². The van der Waals surface area contributed by atoms with E-state index in [0.717, 1.165) is 0 Å². The molecule has 0 spiro atoms. The Hall–Kier alpha value is -3.82. The first-order valence-corrected chi connectivity index (χ1v) is 11.9. The van der Waals surface area contributed by atoms with Crippen LogP contribution in [0.4, 0.5) is 0 Å². The molecule has 0 bridgehead atoms. The average Bonchev–Trinajstić information content (AvgIpc) is 2.92. The van der Waals surface area contributed by atoms with Gasteiger partial charge < -0.3 is 18.9 Å². The zero-order valence-electron chi connectivity index (χ0n) is 18.8. The highest BCUT2D eigenvalue weighted by atomic mass is 79.9. The third-order valence-electron chi connectivity index (χ3n) is 5.35. The Kier molecular flexibility index (Phi) is 8.24. The van der Waals surface area contributed by atoms with Crippen LogP contribution in [0.1, 0.15) is 31.1 Å². The van der Waals surface area contributed by atoms with Crippen molar-refractivity contribution in [3.05, 3.63) is 108 Å². The van der Waals surface area contributed by atoms with E-state index in [2.05, 4.69) is 15.9 Å². The molecule has 0 saturated carbocycles. The normalized spacial score (nSPS) is 21.3. The van der Waals surface area contributed by atoms with E-state index in [1.54, 1.807) is 66.7 Å². The van der Waals surface area contributed by atoms with Crippen LogP contribution < -0.4 is 0 Å². The van der Waals surface area contributed by atoms with E-state index in [4.69, 9.17) is 18.9 Å². The second-order valence-electron chi connectivity index (χ2n) is 7.79. The fourth-order valence-corrected chi connectivity index (χ4v) is 4.06. The van der Waals surface area contributed by atoms with Gasteiger partial charge in [-0.05, 0) is 52.3 Å². The van der Waals surface area contributed by atoms with Crippen LogP contribution in [0.2, 0.25) is 0 Å². The quantitative estimate of drug-likeness (QED) is 0.246. The van der Waals surface area contributed by atoms with Gasteiger partial charge in [-0.3, -0.25) is 4.79 Å². The molecule has 4 atom stereocenters. The molecule has 8 nitrogen and oxygen atoms in total. The number of ketones is 1. The van der Waals surface area contributed by atoms with Crippen molar-refractivity contribution < 1.29 is 38.1 Å². The summed E-state index contributed by atoms with van der Waals surface area (Å²) in [5.74, 6) is -2.83. The average molecular weight is 553 g/mol. The molecule has 0 aromatic heterocycles. The Morgan fingerprint density at radius 2 is 1.14 bits per heavy atom. The molecule has 0 unspecified atom stereocenters. The Bertz CT molecular complexity index is 1220. The maximum Gasteiger partial charge on any atom is 0.338 e. The van der Waals surface area contributed by atoms with Gasteiger partial charge in [-0.1, -0.05) is 54.6 Å². The van der Waals surface area contributed by atoms with Gasteiger partial charge in [-0.15, -0.1) is 0 Å². The number of esters is 3. The van der Waals surface area contributed by atoms with Crippen LogP contribution >= 0.6 is 15.9 Å². The van der Waals surface area contributed by atoms with Crippen LogP contribution in [0.5, 0.6) is 0 Å². The number of benzene rings is 3. The van der Waals surface area contributed by atoms with Gasteiger partial charge >= 0.3 is 17.9 Å². The molecule has 0 aliphatic carbocycles. The molecule has 0 radical (unpaired) electrons. The molecule has 0 N–H and O–H groups in total. The maximum atomic E-state index is 13.0. The molecule has 3 aromatic rings. The van der Waals surface area contributed by atoms with Crippen molar-refractivity contribution in [2.75, 3.05) is 6.61 Å². The first kappa shape index (κ1) is 25.3. The minimum atomic E-state index is -1.51. The molecule has 1 heterocycles. The lowest BCUT2D eigenvalue weighted by molar-refractivity contribution is -0.176. The lowest BCUT2D eigenvalue weighted by atomic mass is 10.0. The number of alkyl halides is 1. The van der Waals surface area contributed by atoms with E-state index in [1.165, 1.54) is 24.3 Å². The molecule has 1 saturated heterocycles. The second-order valence-corrected chi connectivity index (χ2v) is 8.62. The standard InChI is InChI=1S/C27H21BrO8/c28-24-21(29)23(36-27(32)19-14-8-3-9-15-19)22(35-26(31)18-12-6-2-7-13-18)20(34-24)16-33-25(30)17-10-4-1-5-11-17/h1-15,20,22-24H,16H2/t20-,22+,23+,24-/m0/s1. The summed E-state index contributed by atoms with van der Waals surface area (Å²) in [6, 6.07) is 24.5. The Morgan fingerprint density at radius 1 is 0.694 bits per heavy atom. The summed E-state index contributed by atoms with van der Waals surface area (Å²) in [6.07, 6.45) is -4.00. The van der Waals surface area contributed by atoms with Crippen molar-refractivity contribution >= 4 is 39.6 Å². The monoisotopic (exact) mass is 552 g/mol. The number of halogens is 1. The summed E-state index contributed by atoms with van der Waals surface area (Å²) in [5, 5.41) is -1.18. The Labute approximate surface area is 215 Å². The highest BCUT2D eigenvalue weighted by molar-refractivity contribution is 9.09. The van der Waals surface area contributed by atoms with Crippen LogP contribution in [0.3, 0.4) is 0 Å². The van der Waals surface area contributed by atoms with E-state index in [0.29, 0.717) is 5.56 Å². The minimum absolute atomic E-state index is 0.211. The lowest BCUT2D eigenvalue weighted by Crippen LogP contribution is -2.58. The fraction of sp³-hybridized carbons (Fsp3) is 0.185. The highest BCUT2D eigenvalue weighted by Gasteiger charge is 2.49. The van der Waals surface area contributed by atoms with Crippen molar-refractivity contribution in [1.82, 2.24) is 0 Å². The Morgan fingerprint density at radius 3 is 1.64 bits per heavy atom. The van der Waals surface area contributed by atoms with Crippen LogP contribution in [0, 0.1) is 0 Å². The molecule has 184 valence electrons. The minimum Gasteiger partial charge on any atom is -0.459 e. The van der Waals surface area contributed by atoms with Crippen molar-refractivity contribution in [2.45, 2.75) is 23.3 Å². The Balaban J connectivity index is 1.58. The molecule has 1 aliphatic heterocycles. The van der Waals surface area contributed by atoms with Gasteiger partial charge in [0.1, 0.15) is 12.7 Å². The largest absolute Gasteiger partial charge is 0.459 e. The predicted molar refractivity (Wildman–Crippen MR) is 131 cm³/mol. The predicted octanol–water partition coefficient (Wildman–Crippen LogP) is 3.98. The maximum absolute atomic E-state index is 13.0. The SMILES string of the molecule is O=C(OC[C@@H]1O[C@H](Br)C(=O)[C@@H](OC(=O)c2ccccc2)[C@@H]1OC(=O)c1ccccc1)c1ccccc1. The van der Waals surface area contributed by atoms with Crippen molar-refractivity contribution in [1.29, 1.82) is 0 Å².